The maximum atomic E-state index is 4.49. The summed E-state index contributed by atoms with van der Waals surface area (Å²) in [6.45, 7) is 2.95. The summed E-state index contributed by atoms with van der Waals surface area (Å²) in [5.74, 6) is 0. The molecule has 2 rings (SSSR count). The highest BCUT2D eigenvalue weighted by Crippen LogP contribution is 2.24. The van der Waals surface area contributed by atoms with Crippen molar-refractivity contribution in [1.29, 1.82) is 0 Å². The van der Waals surface area contributed by atoms with Crippen LogP contribution in [0, 0.1) is 6.92 Å². The normalized spacial score (nSPS) is 10.7. The summed E-state index contributed by atoms with van der Waals surface area (Å²) in [5.41, 5.74) is 4.78. The molecule has 0 fully saturated rings. The molecule has 0 unspecified atom stereocenters. The van der Waals surface area contributed by atoms with Gasteiger partial charge in [0.15, 0.2) is 0 Å². The molecule has 3 heteroatoms. The zero-order valence-electron chi connectivity index (χ0n) is 9.99. The first-order chi connectivity index (χ1) is 7.74. The topological polar surface area (TPSA) is 29.9 Å². The van der Waals surface area contributed by atoms with Crippen LogP contribution in [0.5, 0.6) is 0 Å². The van der Waals surface area contributed by atoms with Gasteiger partial charge in [-0.15, -0.1) is 0 Å². The van der Waals surface area contributed by atoms with Crippen LogP contribution in [0.4, 0.5) is 0 Å². The van der Waals surface area contributed by atoms with Gasteiger partial charge in [-0.1, -0.05) is 24.3 Å². The van der Waals surface area contributed by atoms with E-state index in [2.05, 4.69) is 46.1 Å². The average molecular weight is 215 g/mol. The average Bonchev–Trinajstić information content (AvgIpc) is 2.62. The smallest absolute Gasteiger partial charge is 0.0953 e. The van der Waals surface area contributed by atoms with Crippen molar-refractivity contribution in [2.45, 2.75) is 13.5 Å². The Hall–Kier alpha value is -1.61. The summed E-state index contributed by atoms with van der Waals surface area (Å²) in [6.07, 6.45) is 1.87. The van der Waals surface area contributed by atoms with Crippen LogP contribution >= 0.6 is 0 Å². The maximum absolute atomic E-state index is 4.49. The molecular weight excluding hydrogens is 198 g/mol. The van der Waals surface area contributed by atoms with Gasteiger partial charge in [0.25, 0.3) is 0 Å². The Morgan fingerprint density at radius 2 is 2.06 bits per heavy atom. The lowest BCUT2D eigenvalue weighted by Gasteiger charge is -2.07. The first kappa shape index (κ1) is 10.9. The van der Waals surface area contributed by atoms with Gasteiger partial charge in [0.05, 0.1) is 17.7 Å². The summed E-state index contributed by atoms with van der Waals surface area (Å²) in [6, 6.07) is 8.35. The molecule has 84 valence electrons. The lowest BCUT2D eigenvalue weighted by molar-refractivity contribution is 0.735. The second-order valence-electron chi connectivity index (χ2n) is 4.00. The quantitative estimate of drug-likeness (QED) is 0.850. The van der Waals surface area contributed by atoms with E-state index in [1.165, 1.54) is 16.8 Å². The monoisotopic (exact) mass is 215 g/mol. The highest BCUT2D eigenvalue weighted by Gasteiger charge is 2.11. The highest BCUT2D eigenvalue weighted by molar-refractivity contribution is 5.65. The summed E-state index contributed by atoms with van der Waals surface area (Å²) < 4.78 is 2.07. The summed E-state index contributed by atoms with van der Waals surface area (Å²) in [4.78, 5) is 4.49. The third-order valence-electron chi connectivity index (χ3n) is 2.80. The molecule has 1 aromatic carbocycles. The van der Waals surface area contributed by atoms with E-state index in [4.69, 9.17) is 0 Å². The molecule has 1 N–H and O–H groups in total. The first-order valence-corrected chi connectivity index (χ1v) is 5.45. The molecule has 1 heterocycles. The van der Waals surface area contributed by atoms with Gasteiger partial charge in [0, 0.05) is 19.2 Å². The molecule has 0 spiro atoms. The van der Waals surface area contributed by atoms with E-state index in [0.717, 1.165) is 12.2 Å². The lowest BCUT2D eigenvalue weighted by Crippen LogP contribution is -2.10. The van der Waals surface area contributed by atoms with Gasteiger partial charge < -0.3 is 9.88 Å². The van der Waals surface area contributed by atoms with Crippen molar-refractivity contribution >= 4 is 0 Å². The van der Waals surface area contributed by atoms with Crippen molar-refractivity contribution < 1.29 is 0 Å². The predicted molar refractivity (Wildman–Crippen MR) is 66.1 cm³/mol. The molecule has 0 radical (unpaired) electrons. The Kier molecular flexibility index (Phi) is 3.06. The number of nitrogens with zero attached hydrogens (tertiary/aromatic N) is 2. The molecule has 0 saturated carbocycles. The van der Waals surface area contributed by atoms with E-state index in [1.54, 1.807) is 0 Å². The minimum Gasteiger partial charge on any atom is -0.336 e. The third-order valence-corrected chi connectivity index (χ3v) is 2.80. The fourth-order valence-corrected chi connectivity index (χ4v) is 1.90. The van der Waals surface area contributed by atoms with Crippen molar-refractivity contribution in [3.8, 4) is 11.3 Å². The van der Waals surface area contributed by atoms with Gasteiger partial charge in [-0.05, 0) is 19.5 Å². The van der Waals surface area contributed by atoms with E-state index >= 15 is 0 Å². The Morgan fingerprint density at radius 3 is 2.75 bits per heavy atom. The molecule has 0 saturated heterocycles. The van der Waals surface area contributed by atoms with Gasteiger partial charge in [0.2, 0.25) is 0 Å². The van der Waals surface area contributed by atoms with E-state index in [0.29, 0.717) is 0 Å². The largest absolute Gasteiger partial charge is 0.336 e. The number of aryl methyl sites for hydroxylation is 2. The van der Waals surface area contributed by atoms with E-state index < -0.39 is 0 Å². The second kappa shape index (κ2) is 4.49. The fourth-order valence-electron chi connectivity index (χ4n) is 1.90. The van der Waals surface area contributed by atoms with Gasteiger partial charge >= 0.3 is 0 Å². The SMILES string of the molecule is CNCc1c(-c2ccccc2C)ncn1C. The van der Waals surface area contributed by atoms with Gasteiger partial charge in [-0.2, -0.15) is 0 Å². The standard InChI is InChI=1S/C13H17N3/c1-10-6-4-5-7-11(10)13-12(8-14-2)16(3)9-15-13/h4-7,9,14H,8H2,1-3H3. The number of aromatic nitrogens is 2. The van der Waals surface area contributed by atoms with Crippen molar-refractivity contribution in [2.24, 2.45) is 7.05 Å². The summed E-state index contributed by atoms with van der Waals surface area (Å²) in [5, 5.41) is 3.18. The van der Waals surface area contributed by atoms with Crippen LogP contribution in [0.3, 0.4) is 0 Å². The highest BCUT2D eigenvalue weighted by atomic mass is 15.1. The molecule has 0 amide bonds. The predicted octanol–water partition coefficient (Wildman–Crippen LogP) is 2.11. The maximum Gasteiger partial charge on any atom is 0.0953 e. The third kappa shape index (κ3) is 1.86. The number of hydrogen-bond donors (Lipinski definition) is 1. The molecule has 2 aromatic rings. The van der Waals surface area contributed by atoms with Crippen LogP contribution in [0.2, 0.25) is 0 Å². The molecule has 1 aromatic heterocycles. The van der Waals surface area contributed by atoms with Gasteiger partial charge in [0.1, 0.15) is 0 Å². The second-order valence-corrected chi connectivity index (χ2v) is 4.00. The first-order valence-electron chi connectivity index (χ1n) is 5.45. The van der Waals surface area contributed by atoms with Gasteiger partial charge in [-0.3, -0.25) is 0 Å². The zero-order valence-corrected chi connectivity index (χ0v) is 9.99. The van der Waals surface area contributed by atoms with Gasteiger partial charge in [-0.25, -0.2) is 4.98 Å². The Balaban J connectivity index is 2.52. The van der Waals surface area contributed by atoms with Crippen LogP contribution in [0.1, 0.15) is 11.3 Å². The lowest BCUT2D eigenvalue weighted by atomic mass is 10.0. The zero-order chi connectivity index (χ0) is 11.5. The molecule has 0 aliphatic carbocycles. The number of hydrogen-bond acceptors (Lipinski definition) is 2. The molecule has 16 heavy (non-hydrogen) atoms. The molecular formula is C13H17N3. The molecule has 0 atom stereocenters. The number of rotatable bonds is 3. The summed E-state index contributed by atoms with van der Waals surface area (Å²) in [7, 11) is 3.98. The Bertz CT molecular complexity index is 486. The molecule has 0 aliphatic rings. The minimum absolute atomic E-state index is 0.833. The van der Waals surface area contributed by atoms with Crippen molar-refractivity contribution in [1.82, 2.24) is 14.9 Å². The van der Waals surface area contributed by atoms with E-state index in [-0.39, 0.29) is 0 Å². The number of imidazole rings is 1. The van der Waals surface area contributed by atoms with Crippen LogP contribution in [-0.2, 0) is 13.6 Å². The van der Waals surface area contributed by atoms with Crippen LogP contribution < -0.4 is 5.32 Å². The van der Waals surface area contributed by atoms with E-state index in [9.17, 15) is 0 Å². The molecule has 0 bridgehead atoms. The fraction of sp³-hybridized carbons (Fsp3) is 0.308. The van der Waals surface area contributed by atoms with Crippen molar-refractivity contribution in [3.63, 3.8) is 0 Å². The summed E-state index contributed by atoms with van der Waals surface area (Å²) >= 11 is 0. The van der Waals surface area contributed by atoms with E-state index in [1.807, 2.05) is 20.4 Å². The minimum atomic E-state index is 0.833. The number of benzene rings is 1. The molecule has 0 aliphatic heterocycles. The number of nitrogens with one attached hydrogen (secondary N) is 1. The van der Waals surface area contributed by atoms with Crippen LogP contribution in [0.15, 0.2) is 30.6 Å². The Labute approximate surface area is 96.1 Å². The molecule has 3 nitrogen and oxygen atoms in total. The van der Waals surface area contributed by atoms with Crippen molar-refractivity contribution in [3.05, 3.63) is 41.9 Å². The Morgan fingerprint density at radius 1 is 1.31 bits per heavy atom. The van der Waals surface area contributed by atoms with Crippen LogP contribution in [-0.4, -0.2) is 16.6 Å². The van der Waals surface area contributed by atoms with Crippen molar-refractivity contribution in [2.75, 3.05) is 7.05 Å². The van der Waals surface area contributed by atoms with Crippen LogP contribution in [0.25, 0.3) is 11.3 Å².